The number of anilines is 3. The van der Waals surface area contributed by atoms with Crippen LogP contribution in [0.25, 0.3) is 0 Å². The Balaban J connectivity index is 1.52. The summed E-state index contributed by atoms with van der Waals surface area (Å²) >= 11 is 0. The van der Waals surface area contributed by atoms with E-state index >= 15 is 0 Å². The van der Waals surface area contributed by atoms with Crippen molar-refractivity contribution < 1.29 is 9.59 Å². The molecule has 0 aliphatic carbocycles. The molecule has 2 amide bonds. The molecule has 7 nitrogen and oxygen atoms in total. The molecular formula is C22H29N5O2. The Morgan fingerprint density at radius 3 is 2.10 bits per heavy atom. The number of hydrogen-bond donors (Lipinski definition) is 3. The number of primary amides is 1. The summed E-state index contributed by atoms with van der Waals surface area (Å²) in [6.45, 7) is 9.37. The van der Waals surface area contributed by atoms with Crippen LogP contribution in [0, 0.1) is 0 Å². The van der Waals surface area contributed by atoms with E-state index in [4.69, 9.17) is 5.73 Å². The van der Waals surface area contributed by atoms with Crippen LogP contribution in [-0.2, 0) is 4.79 Å². The van der Waals surface area contributed by atoms with Gasteiger partial charge in [-0.3, -0.25) is 9.59 Å². The number of carbonyl (C=O) groups is 2. The molecule has 0 bridgehead atoms. The molecule has 2 aromatic carbocycles. The first-order valence-electron chi connectivity index (χ1n) is 10.0. The minimum atomic E-state index is -0.492. The van der Waals surface area contributed by atoms with Crippen LogP contribution < -0.4 is 21.3 Å². The van der Waals surface area contributed by atoms with Gasteiger partial charge in [0.1, 0.15) is 6.04 Å². The van der Waals surface area contributed by atoms with Crippen LogP contribution in [0.2, 0.25) is 0 Å². The van der Waals surface area contributed by atoms with Gasteiger partial charge in [-0.15, -0.1) is 0 Å². The molecule has 0 spiro atoms. The average Bonchev–Trinajstić information content (AvgIpc) is 2.74. The van der Waals surface area contributed by atoms with Crippen LogP contribution in [0.4, 0.5) is 17.1 Å². The highest BCUT2D eigenvalue weighted by atomic mass is 16.2. The number of nitrogens with two attached hydrogens (primary N) is 1. The summed E-state index contributed by atoms with van der Waals surface area (Å²) in [4.78, 5) is 28.4. The zero-order valence-corrected chi connectivity index (χ0v) is 17.0. The van der Waals surface area contributed by atoms with Crippen LogP contribution in [0.1, 0.15) is 24.2 Å². The van der Waals surface area contributed by atoms with Crippen LogP contribution in [-0.4, -0.2) is 55.5 Å². The Hall–Kier alpha value is -3.06. The number of amides is 2. The van der Waals surface area contributed by atoms with Crippen LogP contribution >= 0.6 is 0 Å². The molecule has 29 heavy (non-hydrogen) atoms. The first-order chi connectivity index (χ1) is 14.0. The first kappa shape index (κ1) is 20.7. The maximum Gasteiger partial charge on any atom is 0.248 e. The Morgan fingerprint density at radius 2 is 1.55 bits per heavy atom. The summed E-state index contributed by atoms with van der Waals surface area (Å²) in [6.07, 6.45) is 0. The maximum atomic E-state index is 12.4. The number of rotatable bonds is 7. The smallest absolute Gasteiger partial charge is 0.248 e. The van der Waals surface area contributed by atoms with Crippen molar-refractivity contribution in [2.45, 2.75) is 19.9 Å². The molecular weight excluding hydrogens is 366 g/mol. The number of nitrogens with zero attached hydrogens (tertiary/aromatic N) is 2. The van der Waals surface area contributed by atoms with Crippen molar-refractivity contribution in [1.29, 1.82) is 0 Å². The minimum Gasteiger partial charge on any atom is -0.374 e. The summed E-state index contributed by atoms with van der Waals surface area (Å²) in [6, 6.07) is 14.3. The molecule has 0 unspecified atom stereocenters. The molecule has 0 saturated carbocycles. The molecule has 0 aromatic heterocycles. The van der Waals surface area contributed by atoms with E-state index < -0.39 is 11.9 Å². The lowest BCUT2D eigenvalue weighted by molar-refractivity contribution is -0.116. The maximum absolute atomic E-state index is 12.4. The van der Waals surface area contributed by atoms with Crippen molar-refractivity contribution in [3.8, 4) is 0 Å². The Bertz CT molecular complexity index is 827. The predicted molar refractivity (Wildman–Crippen MR) is 117 cm³/mol. The lowest BCUT2D eigenvalue weighted by atomic mass is 10.2. The third-order valence-electron chi connectivity index (χ3n) is 5.27. The number of piperazine rings is 1. The normalized spacial score (nSPS) is 15.6. The molecule has 4 N–H and O–H groups in total. The van der Waals surface area contributed by atoms with E-state index in [1.54, 1.807) is 24.3 Å². The van der Waals surface area contributed by atoms with Gasteiger partial charge < -0.3 is 26.2 Å². The van der Waals surface area contributed by atoms with Crippen molar-refractivity contribution >= 4 is 28.9 Å². The van der Waals surface area contributed by atoms with Crippen molar-refractivity contribution in [2.24, 2.45) is 5.73 Å². The fraction of sp³-hybridized carbons (Fsp3) is 0.364. The van der Waals surface area contributed by atoms with E-state index in [1.807, 2.05) is 19.1 Å². The molecule has 1 aliphatic heterocycles. The molecule has 0 radical (unpaired) electrons. The Labute approximate surface area is 171 Å². The monoisotopic (exact) mass is 395 g/mol. The molecule has 3 rings (SSSR count). The van der Waals surface area contributed by atoms with Gasteiger partial charge in [0.15, 0.2) is 0 Å². The molecule has 1 heterocycles. The largest absolute Gasteiger partial charge is 0.374 e. The summed E-state index contributed by atoms with van der Waals surface area (Å²) < 4.78 is 0. The lowest BCUT2D eigenvalue weighted by Crippen LogP contribution is -2.46. The summed E-state index contributed by atoms with van der Waals surface area (Å²) in [7, 11) is 0. The van der Waals surface area contributed by atoms with E-state index in [0.717, 1.165) is 38.4 Å². The van der Waals surface area contributed by atoms with E-state index in [9.17, 15) is 9.59 Å². The average molecular weight is 396 g/mol. The molecule has 1 fully saturated rings. The van der Waals surface area contributed by atoms with Gasteiger partial charge in [-0.05, 0) is 62.0 Å². The van der Waals surface area contributed by atoms with Gasteiger partial charge in [-0.1, -0.05) is 6.92 Å². The first-order valence-corrected chi connectivity index (χ1v) is 10.0. The Kier molecular flexibility index (Phi) is 6.72. The second-order valence-corrected chi connectivity index (χ2v) is 7.27. The number of nitrogens with one attached hydrogen (secondary N) is 2. The van der Waals surface area contributed by atoms with Crippen LogP contribution in [0.5, 0.6) is 0 Å². The van der Waals surface area contributed by atoms with Gasteiger partial charge in [0.25, 0.3) is 0 Å². The summed E-state index contributed by atoms with van der Waals surface area (Å²) in [5, 5.41) is 6.06. The molecule has 1 aliphatic rings. The van der Waals surface area contributed by atoms with Gasteiger partial charge in [-0.25, -0.2) is 0 Å². The van der Waals surface area contributed by atoms with Crippen molar-refractivity contribution in [2.75, 3.05) is 48.3 Å². The van der Waals surface area contributed by atoms with Gasteiger partial charge in [-0.2, -0.15) is 0 Å². The highest BCUT2D eigenvalue weighted by Gasteiger charge is 2.16. The SMILES string of the molecule is CCN1CCN(c2ccc(N[C@@H](C)C(=O)Nc3ccc(C(N)=O)cc3)cc2)CC1. The molecule has 1 atom stereocenters. The van der Waals surface area contributed by atoms with Crippen molar-refractivity contribution in [3.63, 3.8) is 0 Å². The van der Waals surface area contributed by atoms with Crippen molar-refractivity contribution in [3.05, 3.63) is 54.1 Å². The minimum absolute atomic E-state index is 0.156. The highest BCUT2D eigenvalue weighted by molar-refractivity contribution is 5.97. The van der Waals surface area contributed by atoms with E-state index in [-0.39, 0.29) is 5.91 Å². The number of benzene rings is 2. The third kappa shape index (κ3) is 5.48. The lowest BCUT2D eigenvalue weighted by Gasteiger charge is -2.35. The highest BCUT2D eigenvalue weighted by Crippen LogP contribution is 2.20. The van der Waals surface area contributed by atoms with Gasteiger partial charge in [0.2, 0.25) is 11.8 Å². The number of carbonyl (C=O) groups excluding carboxylic acids is 2. The zero-order chi connectivity index (χ0) is 20.8. The van der Waals surface area contributed by atoms with E-state index in [2.05, 4.69) is 39.5 Å². The molecule has 1 saturated heterocycles. The predicted octanol–water partition coefficient (Wildman–Crippen LogP) is 2.37. The van der Waals surface area contributed by atoms with Crippen molar-refractivity contribution in [1.82, 2.24) is 4.90 Å². The van der Waals surface area contributed by atoms with E-state index in [1.165, 1.54) is 5.69 Å². The Morgan fingerprint density at radius 1 is 0.966 bits per heavy atom. The van der Waals surface area contributed by atoms with Gasteiger partial charge in [0.05, 0.1) is 0 Å². The fourth-order valence-electron chi connectivity index (χ4n) is 3.37. The van der Waals surface area contributed by atoms with Gasteiger partial charge in [0, 0.05) is 48.8 Å². The zero-order valence-electron chi connectivity index (χ0n) is 17.0. The molecule has 2 aromatic rings. The van der Waals surface area contributed by atoms with Crippen LogP contribution in [0.3, 0.4) is 0 Å². The fourth-order valence-corrected chi connectivity index (χ4v) is 3.37. The second-order valence-electron chi connectivity index (χ2n) is 7.27. The number of likely N-dealkylation sites (N-methyl/N-ethyl adjacent to an activating group) is 1. The number of hydrogen-bond acceptors (Lipinski definition) is 5. The second kappa shape index (κ2) is 9.43. The van der Waals surface area contributed by atoms with E-state index in [0.29, 0.717) is 11.3 Å². The third-order valence-corrected chi connectivity index (χ3v) is 5.27. The molecule has 154 valence electrons. The molecule has 7 heteroatoms. The quantitative estimate of drug-likeness (QED) is 0.670. The van der Waals surface area contributed by atoms with Crippen LogP contribution in [0.15, 0.2) is 48.5 Å². The van der Waals surface area contributed by atoms with Gasteiger partial charge >= 0.3 is 0 Å². The summed E-state index contributed by atoms with van der Waals surface area (Å²) in [5.41, 5.74) is 8.36. The topological polar surface area (TPSA) is 90.7 Å². The summed E-state index contributed by atoms with van der Waals surface area (Å²) in [5.74, 6) is -0.648. The standard InChI is InChI=1S/C22H29N5O2/c1-3-26-12-14-27(15-13-26)20-10-8-18(9-11-20)24-16(2)22(29)25-19-6-4-17(5-7-19)21(23)28/h4-11,16,24H,3,12-15H2,1-2H3,(H2,23,28)(H,25,29)/t16-/m0/s1.